The molecule has 0 fully saturated rings. The molecule has 25 heavy (non-hydrogen) atoms. The Morgan fingerprint density at radius 3 is 2.92 bits per heavy atom. The highest BCUT2D eigenvalue weighted by atomic mass is 79.9. The number of aryl methyl sites for hydroxylation is 1. The Balaban J connectivity index is 1.92. The van der Waals surface area contributed by atoms with Crippen LogP contribution in [0.4, 0.5) is 4.79 Å². The highest BCUT2D eigenvalue weighted by molar-refractivity contribution is 9.10. The first-order valence-corrected chi connectivity index (χ1v) is 10.5. The van der Waals surface area contributed by atoms with Gasteiger partial charge >= 0.3 is 6.09 Å². The van der Waals surface area contributed by atoms with E-state index in [1.54, 1.807) is 11.8 Å². The molecule has 2 atom stereocenters. The molecule has 1 heterocycles. The highest BCUT2D eigenvalue weighted by Crippen LogP contribution is 2.46. The second kappa shape index (κ2) is 6.95. The fourth-order valence-corrected chi connectivity index (χ4v) is 5.17. The van der Waals surface area contributed by atoms with Crippen LogP contribution in [0.3, 0.4) is 0 Å². The van der Waals surface area contributed by atoms with Crippen molar-refractivity contribution in [3.8, 4) is 0 Å². The van der Waals surface area contributed by atoms with Crippen molar-refractivity contribution in [1.82, 2.24) is 5.32 Å². The summed E-state index contributed by atoms with van der Waals surface area (Å²) in [6, 6.07) is 6.49. The minimum absolute atomic E-state index is 0.314. The quantitative estimate of drug-likeness (QED) is 0.618. The zero-order chi connectivity index (χ0) is 18.2. The molecule has 1 aromatic rings. The van der Waals surface area contributed by atoms with E-state index in [4.69, 9.17) is 9.73 Å². The summed E-state index contributed by atoms with van der Waals surface area (Å²) >= 11 is 5.22. The van der Waals surface area contributed by atoms with Crippen LogP contribution in [0.1, 0.15) is 51.7 Å². The molecule has 136 valence electrons. The zero-order valence-electron chi connectivity index (χ0n) is 15.2. The van der Waals surface area contributed by atoms with Gasteiger partial charge in [-0.1, -0.05) is 33.8 Å². The van der Waals surface area contributed by atoms with Crippen molar-refractivity contribution in [2.24, 2.45) is 10.9 Å². The predicted molar refractivity (Wildman–Crippen MR) is 107 cm³/mol. The lowest BCUT2D eigenvalue weighted by atomic mass is 9.79. The number of benzene rings is 1. The largest absolute Gasteiger partial charge is 0.444 e. The number of halogens is 1. The number of nitrogens with zero attached hydrogens (tertiary/aromatic N) is 1. The third-order valence-corrected chi connectivity index (χ3v) is 6.30. The number of aliphatic imine (C=N–C) groups is 1. The number of ether oxygens (including phenoxy) is 1. The van der Waals surface area contributed by atoms with Crippen molar-refractivity contribution < 1.29 is 9.53 Å². The minimum atomic E-state index is -0.518. The molecule has 1 aromatic carbocycles. The van der Waals surface area contributed by atoms with E-state index in [-0.39, 0.29) is 5.54 Å². The van der Waals surface area contributed by atoms with Gasteiger partial charge in [0, 0.05) is 10.2 Å². The molecule has 1 N–H and O–H groups in total. The van der Waals surface area contributed by atoms with Crippen LogP contribution >= 0.6 is 27.7 Å². The lowest BCUT2D eigenvalue weighted by molar-refractivity contribution is 0.0564. The number of thioether (sulfide) groups is 1. The third-order valence-electron chi connectivity index (χ3n) is 4.77. The molecule has 0 radical (unpaired) electrons. The van der Waals surface area contributed by atoms with E-state index in [0.29, 0.717) is 11.1 Å². The molecule has 1 amide bonds. The number of rotatable bonds is 0. The smallest absolute Gasteiger partial charge is 0.413 e. The Morgan fingerprint density at radius 1 is 1.44 bits per heavy atom. The molecule has 0 spiro atoms. The number of carbonyl (C=O) groups is 1. The number of hydrogen-bond acceptors (Lipinski definition) is 4. The molecular weight excluding hydrogens is 400 g/mol. The number of amides is 1. The Morgan fingerprint density at radius 2 is 2.20 bits per heavy atom. The lowest BCUT2D eigenvalue weighted by Gasteiger charge is -2.38. The second-order valence-electron chi connectivity index (χ2n) is 7.89. The fourth-order valence-electron chi connectivity index (χ4n) is 3.55. The summed E-state index contributed by atoms with van der Waals surface area (Å²) in [5.74, 6) is 1.43. The van der Waals surface area contributed by atoms with Crippen LogP contribution < -0.4 is 5.32 Å². The van der Waals surface area contributed by atoms with Crippen molar-refractivity contribution in [3.05, 3.63) is 33.8 Å². The summed E-state index contributed by atoms with van der Waals surface area (Å²) in [5.41, 5.74) is 1.80. The first-order valence-electron chi connectivity index (χ1n) is 8.69. The van der Waals surface area contributed by atoms with Gasteiger partial charge in [0.05, 0.1) is 5.54 Å². The summed E-state index contributed by atoms with van der Waals surface area (Å²) in [6.07, 6.45) is 2.98. The number of nitrogens with one attached hydrogen (secondary N) is 1. The van der Waals surface area contributed by atoms with E-state index in [1.165, 1.54) is 17.5 Å². The van der Waals surface area contributed by atoms with Crippen LogP contribution in [0.15, 0.2) is 27.7 Å². The number of fused-ring (bicyclic) bond motifs is 3. The van der Waals surface area contributed by atoms with Crippen LogP contribution in [0.2, 0.25) is 0 Å². The van der Waals surface area contributed by atoms with Crippen LogP contribution in [-0.4, -0.2) is 22.6 Å². The Hall–Kier alpha value is -1.01. The van der Waals surface area contributed by atoms with Crippen molar-refractivity contribution in [2.45, 2.75) is 58.1 Å². The maximum Gasteiger partial charge on any atom is 0.413 e. The first kappa shape index (κ1) is 18.8. The zero-order valence-corrected chi connectivity index (χ0v) is 17.6. The summed E-state index contributed by atoms with van der Waals surface area (Å²) in [4.78, 5) is 17.1. The van der Waals surface area contributed by atoms with Gasteiger partial charge in [-0.25, -0.2) is 4.79 Å². The van der Waals surface area contributed by atoms with E-state index < -0.39 is 11.7 Å². The van der Waals surface area contributed by atoms with Gasteiger partial charge in [0.1, 0.15) is 5.60 Å². The van der Waals surface area contributed by atoms with Gasteiger partial charge in [-0.2, -0.15) is 0 Å². The molecule has 1 aliphatic heterocycles. The van der Waals surface area contributed by atoms with Crippen LogP contribution in [0.25, 0.3) is 0 Å². The molecule has 0 unspecified atom stereocenters. The molecule has 4 nitrogen and oxygen atoms in total. The van der Waals surface area contributed by atoms with Gasteiger partial charge in [0.15, 0.2) is 5.17 Å². The molecule has 2 aliphatic rings. The third kappa shape index (κ3) is 4.22. The van der Waals surface area contributed by atoms with E-state index in [2.05, 4.69) is 46.4 Å². The average molecular weight is 425 g/mol. The Kier molecular flexibility index (Phi) is 5.22. The van der Waals surface area contributed by atoms with Crippen molar-refractivity contribution >= 4 is 39.0 Å². The molecule has 1 aliphatic carbocycles. The van der Waals surface area contributed by atoms with E-state index in [9.17, 15) is 4.79 Å². The number of hydrogen-bond donors (Lipinski definition) is 1. The van der Waals surface area contributed by atoms with Crippen molar-refractivity contribution in [3.63, 3.8) is 0 Å². The number of carbonyl (C=O) groups excluding carboxylic acids is 1. The monoisotopic (exact) mass is 424 g/mol. The average Bonchev–Trinajstić information content (AvgIpc) is 2.61. The van der Waals surface area contributed by atoms with Gasteiger partial charge in [0.2, 0.25) is 0 Å². The Bertz CT molecular complexity index is 714. The lowest BCUT2D eigenvalue weighted by Crippen LogP contribution is -2.42. The maximum atomic E-state index is 12.1. The highest BCUT2D eigenvalue weighted by Gasteiger charge is 2.42. The standard InChI is InChI=1S/C19H25BrN2O2S/c1-18(2,3)24-17(23)21-16-22-19(4)13(11-25-16)7-5-6-12-8-9-14(20)10-15(12)19/h8-10,13H,5-7,11H2,1-4H3,(H,21,22,23)/t13-,19+/m1/s1. The molecule has 0 aromatic heterocycles. The number of alkyl carbamates (subject to hydrolysis) is 1. The summed E-state index contributed by atoms with van der Waals surface area (Å²) < 4.78 is 6.44. The van der Waals surface area contributed by atoms with Crippen molar-refractivity contribution in [1.29, 1.82) is 0 Å². The summed E-state index contributed by atoms with van der Waals surface area (Å²) in [7, 11) is 0. The first-order chi connectivity index (χ1) is 11.7. The van der Waals surface area contributed by atoms with Crippen LogP contribution in [0, 0.1) is 5.92 Å². The van der Waals surface area contributed by atoms with E-state index in [0.717, 1.165) is 23.1 Å². The van der Waals surface area contributed by atoms with E-state index in [1.807, 2.05) is 20.8 Å². The van der Waals surface area contributed by atoms with Crippen molar-refractivity contribution in [2.75, 3.05) is 5.75 Å². The molecule has 6 heteroatoms. The van der Waals surface area contributed by atoms with Crippen LogP contribution in [0.5, 0.6) is 0 Å². The van der Waals surface area contributed by atoms with Gasteiger partial charge in [0.25, 0.3) is 0 Å². The fraction of sp³-hybridized carbons (Fsp3) is 0.579. The van der Waals surface area contributed by atoms with Crippen LogP contribution in [-0.2, 0) is 16.7 Å². The second-order valence-corrected chi connectivity index (χ2v) is 9.82. The SMILES string of the molecule is CC(C)(C)OC(=O)NC1=N[C@]2(C)c3cc(Br)ccc3CCC[C@@H]2CS1. The normalized spacial score (nSPS) is 26.0. The molecule has 3 rings (SSSR count). The van der Waals surface area contributed by atoms with Gasteiger partial charge in [-0.05, 0) is 76.1 Å². The number of amidine groups is 1. The molecule has 0 saturated heterocycles. The van der Waals surface area contributed by atoms with Gasteiger partial charge in [-0.15, -0.1) is 0 Å². The Labute approximate surface area is 162 Å². The minimum Gasteiger partial charge on any atom is -0.444 e. The maximum absolute atomic E-state index is 12.1. The molecule has 0 bridgehead atoms. The molecular formula is C19H25BrN2O2S. The van der Waals surface area contributed by atoms with Gasteiger partial charge < -0.3 is 4.74 Å². The predicted octanol–water partition coefficient (Wildman–Crippen LogP) is 5.24. The molecule has 0 saturated carbocycles. The summed E-state index contributed by atoms with van der Waals surface area (Å²) in [6.45, 7) is 7.78. The summed E-state index contributed by atoms with van der Waals surface area (Å²) in [5, 5.41) is 3.49. The van der Waals surface area contributed by atoms with E-state index >= 15 is 0 Å². The van der Waals surface area contributed by atoms with Gasteiger partial charge in [-0.3, -0.25) is 10.3 Å². The topological polar surface area (TPSA) is 50.7 Å².